The van der Waals surface area contributed by atoms with E-state index in [4.69, 9.17) is 15.2 Å². The molecular formula is C28H34F3N3O2. The Morgan fingerprint density at radius 3 is 2.53 bits per heavy atom. The maximum atomic E-state index is 15.3. The van der Waals surface area contributed by atoms with E-state index < -0.39 is 23.9 Å². The van der Waals surface area contributed by atoms with Gasteiger partial charge in [-0.15, -0.1) is 0 Å². The average molecular weight is 502 g/mol. The van der Waals surface area contributed by atoms with E-state index in [9.17, 15) is 8.78 Å². The van der Waals surface area contributed by atoms with E-state index in [1.54, 1.807) is 42.4 Å². The first-order valence-corrected chi connectivity index (χ1v) is 12.0. The molecule has 8 heteroatoms. The van der Waals surface area contributed by atoms with E-state index in [0.29, 0.717) is 22.6 Å². The highest BCUT2D eigenvalue weighted by Gasteiger charge is 2.27. The first-order valence-electron chi connectivity index (χ1n) is 12.0. The molecule has 0 amide bonds. The van der Waals surface area contributed by atoms with Crippen LogP contribution in [0.25, 0.3) is 5.57 Å². The summed E-state index contributed by atoms with van der Waals surface area (Å²) >= 11 is 0. The van der Waals surface area contributed by atoms with Crippen LogP contribution in [0, 0.1) is 17.6 Å². The smallest absolute Gasteiger partial charge is 0.172 e. The second kappa shape index (κ2) is 12.1. The van der Waals surface area contributed by atoms with Gasteiger partial charge in [-0.05, 0) is 60.9 Å². The number of allylic oxidation sites excluding steroid dienone is 3. The lowest BCUT2D eigenvalue weighted by Crippen LogP contribution is -2.49. The summed E-state index contributed by atoms with van der Waals surface area (Å²) in [4.78, 5) is 0. The van der Waals surface area contributed by atoms with Crippen LogP contribution in [-0.4, -0.2) is 30.1 Å². The molecule has 2 aromatic carbocycles. The summed E-state index contributed by atoms with van der Waals surface area (Å²) < 4.78 is 53.6. The minimum absolute atomic E-state index is 0.0226. The molecule has 36 heavy (non-hydrogen) atoms. The molecule has 0 saturated heterocycles. The zero-order chi connectivity index (χ0) is 26.3. The molecule has 3 N–H and O–H groups in total. The van der Waals surface area contributed by atoms with Gasteiger partial charge in [-0.3, -0.25) is 5.01 Å². The lowest BCUT2D eigenvalue weighted by Gasteiger charge is -2.31. The topological polar surface area (TPSA) is 59.8 Å². The number of rotatable bonds is 12. The number of nitrogens with two attached hydrogens (primary N) is 1. The first-order chi connectivity index (χ1) is 17.2. The van der Waals surface area contributed by atoms with Crippen LogP contribution in [0.2, 0.25) is 0 Å². The predicted octanol–water partition coefficient (Wildman–Crippen LogP) is 6.10. The van der Waals surface area contributed by atoms with Crippen molar-refractivity contribution < 1.29 is 22.6 Å². The van der Waals surface area contributed by atoms with Gasteiger partial charge in [0.15, 0.2) is 11.6 Å². The fourth-order valence-corrected chi connectivity index (χ4v) is 3.54. The van der Waals surface area contributed by atoms with Gasteiger partial charge in [0.1, 0.15) is 23.8 Å². The molecule has 0 bridgehead atoms. The number of hydrazine groups is 1. The molecule has 0 spiro atoms. The summed E-state index contributed by atoms with van der Waals surface area (Å²) in [5, 5.41) is 1.72. The summed E-state index contributed by atoms with van der Waals surface area (Å²) in [6.07, 6.45) is 6.12. The van der Waals surface area contributed by atoms with Crippen LogP contribution in [0.1, 0.15) is 39.2 Å². The standard InChI is InChI=1S/C28H34F3N3O2/c1-5-19(2)27(32)33-34-15-13-21(17-20(34)3)24-7-6-8-25(26(24)31)35-16-14-28(4,18-29)36-23-11-9-22(30)10-12-23/h6-13,15,17,19,27,33H,3,5,14,16,18,32H2,1-2,4H3. The van der Waals surface area contributed by atoms with E-state index in [0.717, 1.165) is 6.42 Å². The minimum Gasteiger partial charge on any atom is -0.490 e. The number of alkyl halides is 1. The van der Waals surface area contributed by atoms with E-state index in [1.165, 1.54) is 30.3 Å². The quantitative estimate of drug-likeness (QED) is 0.344. The molecule has 0 fully saturated rings. The predicted molar refractivity (Wildman–Crippen MR) is 137 cm³/mol. The molecule has 194 valence electrons. The first kappa shape index (κ1) is 27.4. The highest BCUT2D eigenvalue weighted by molar-refractivity contribution is 5.78. The average Bonchev–Trinajstić information content (AvgIpc) is 2.87. The lowest BCUT2D eigenvalue weighted by atomic mass is 10.0. The zero-order valence-corrected chi connectivity index (χ0v) is 20.9. The van der Waals surface area contributed by atoms with E-state index >= 15 is 4.39 Å². The number of hydrogen-bond acceptors (Lipinski definition) is 5. The Balaban J connectivity index is 1.64. The van der Waals surface area contributed by atoms with Gasteiger partial charge >= 0.3 is 0 Å². The van der Waals surface area contributed by atoms with Crippen LogP contribution < -0.4 is 20.6 Å². The molecule has 1 aliphatic heterocycles. The summed E-state index contributed by atoms with van der Waals surface area (Å²) in [5.74, 6) is -0.277. The van der Waals surface area contributed by atoms with Gasteiger partial charge in [0, 0.05) is 18.2 Å². The van der Waals surface area contributed by atoms with Crippen molar-refractivity contribution in [1.82, 2.24) is 10.4 Å². The second-order valence-electron chi connectivity index (χ2n) is 9.17. The lowest BCUT2D eigenvalue weighted by molar-refractivity contribution is 0.0376. The Hall–Kier alpha value is -3.23. The van der Waals surface area contributed by atoms with Crippen molar-refractivity contribution in [1.29, 1.82) is 0 Å². The fourth-order valence-electron chi connectivity index (χ4n) is 3.54. The molecule has 1 heterocycles. The third kappa shape index (κ3) is 6.92. The van der Waals surface area contributed by atoms with Gasteiger partial charge in [-0.1, -0.05) is 39.0 Å². The van der Waals surface area contributed by atoms with Gasteiger partial charge < -0.3 is 15.2 Å². The largest absolute Gasteiger partial charge is 0.490 e. The Morgan fingerprint density at radius 1 is 1.17 bits per heavy atom. The summed E-state index contributed by atoms with van der Waals surface area (Å²) in [6.45, 7) is 8.99. The van der Waals surface area contributed by atoms with Crippen molar-refractivity contribution in [2.75, 3.05) is 13.3 Å². The maximum Gasteiger partial charge on any atom is 0.172 e. The van der Waals surface area contributed by atoms with E-state index in [1.807, 2.05) is 0 Å². The molecule has 1 aliphatic rings. The van der Waals surface area contributed by atoms with Crippen molar-refractivity contribution >= 4 is 5.57 Å². The number of hydrogen-bond donors (Lipinski definition) is 2. The van der Waals surface area contributed by atoms with Crippen molar-refractivity contribution in [3.8, 4) is 11.5 Å². The number of nitrogens with zero attached hydrogens (tertiary/aromatic N) is 1. The highest BCUT2D eigenvalue weighted by Crippen LogP contribution is 2.31. The van der Waals surface area contributed by atoms with Gasteiger partial charge in [-0.25, -0.2) is 18.6 Å². The van der Waals surface area contributed by atoms with E-state index in [2.05, 4.69) is 25.9 Å². The molecule has 3 unspecified atom stereocenters. The monoisotopic (exact) mass is 501 g/mol. The van der Waals surface area contributed by atoms with Crippen molar-refractivity contribution in [3.63, 3.8) is 0 Å². The Kier molecular flexibility index (Phi) is 9.23. The normalized spacial score (nSPS) is 16.8. The molecule has 0 saturated carbocycles. The highest BCUT2D eigenvalue weighted by atomic mass is 19.1. The molecule has 0 aliphatic carbocycles. The molecule has 2 aromatic rings. The van der Waals surface area contributed by atoms with Crippen molar-refractivity contribution in [2.45, 2.75) is 45.4 Å². The maximum absolute atomic E-state index is 15.3. The summed E-state index contributed by atoms with van der Waals surface area (Å²) in [7, 11) is 0. The molecule has 0 aromatic heterocycles. The molecule has 0 radical (unpaired) electrons. The van der Waals surface area contributed by atoms with Crippen LogP contribution in [0.4, 0.5) is 13.2 Å². The van der Waals surface area contributed by atoms with Crippen LogP contribution in [-0.2, 0) is 0 Å². The van der Waals surface area contributed by atoms with E-state index in [-0.39, 0.29) is 30.9 Å². The Labute approximate surface area is 211 Å². The third-order valence-corrected chi connectivity index (χ3v) is 6.20. The third-order valence-electron chi connectivity index (χ3n) is 6.20. The minimum atomic E-state index is -1.20. The second-order valence-corrected chi connectivity index (χ2v) is 9.17. The number of halogens is 3. The summed E-state index contributed by atoms with van der Waals surface area (Å²) in [5.41, 5.74) is 9.76. The van der Waals surface area contributed by atoms with Crippen LogP contribution in [0.5, 0.6) is 11.5 Å². The molecule has 5 nitrogen and oxygen atoms in total. The number of nitrogens with one attached hydrogen (secondary N) is 1. The molecule has 3 rings (SSSR count). The van der Waals surface area contributed by atoms with Gasteiger partial charge in [0.2, 0.25) is 0 Å². The van der Waals surface area contributed by atoms with Crippen molar-refractivity contribution in [3.05, 3.63) is 90.3 Å². The van der Waals surface area contributed by atoms with Crippen LogP contribution in [0.3, 0.4) is 0 Å². The van der Waals surface area contributed by atoms with Crippen molar-refractivity contribution in [2.24, 2.45) is 11.7 Å². The molecule has 3 atom stereocenters. The van der Waals surface area contributed by atoms with Gasteiger partial charge in [0.25, 0.3) is 0 Å². The summed E-state index contributed by atoms with van der Waals surface area (Å²) in [6, 6.07) is 10.2. The Morgan fingerprint density at radius 2 is 1.89 bits per heavy atom. The molecular weight excluding hydrogens is 467 g/mol. The number of benzene rings is 2. The van der Waals surface area contributed by atoms with Crippen LogP contribution >= 0.6 is 0 Å². The fraction of sp³-hybridized carbons (Fsp3) is 0.357. The van der Waals surface area contributed by atoms with Gasteiger partial charge in [0.05, 0.1) is 18.5 Å². The zero-order valence-electron chi connectivity index (χ0n) is 20.9. The number of ether oxygens (including phenoxy) is 2. The van der Waals surface area contributed by atoms with Gasteiger partial charge in [-0.2, -0.15) is 0 Å². The Bertz CT molecular complexity index is 1100. The van der Waals surface area contributed by atoms with Crippen LogP contribution in [0.15, 0.2) is 73.1 Å². The SMILES string of the molecule is C=C1C=C(c2cccc(OCCC(C)(CF)Oc3ccc(F)cc3)c2F)C=CN1NC(N)C(C)CC.